The normalized spacial score (nSPS) is 12.0. The van der Waals surface area contributed by atoms with Crippen LogP contribution in [0.15, 0.2) is 48.5 Å². The minimum atomic E-state index is -0.00828. The average Bonchev–Trinajstić information content (AvgIpc) is 2.53. The molecule has 116 valence electrons. The van der Waals surface area contributed by atoms with Gasteiger partial charge in [-0.1, -0.05) is 55.5 Å². The smallest absolute Gasteiger partial charge is 0.220 e. The van der Waals surface area contributed by atoms with Gasteiger partial charge in [-0.3, -0.25) is 4.79 Å². The van der Waals surface area contributed by atoms with Gasteiger partial charge in [0.05, 0.1) is 6.61 Å². The SMILES string of the molecule is Cc1ccccc1C(C)CC(=O)NCc1ccccc1CO. The fraction of sp³-hybridized carbons (Fsp3) is 0.316. The summed E-state index contributed by atoms with van der Waals surface area (Å²) in [5, 5.41) is 12.2. The van der Waals surface area contributed by atoms with Crippen molar-refractivity contribution >= 4 is 5.91 Å². The van der Waals surface area contributed by atoms with Crippen molar-refractivity contribution in [2.45, 2.75) is 39.3 Å². The highest BCUT2D eigenvalue weighted by molar-refractivity contribution is 5.76. The van der Waals surface area contributed by atoms with Gasteiger partial charge >= 0.3 is 0 Å². The van der Waals surface area contributed by atoms with Crippen LogP contribution in [0.4, 0.5) is 0 Å². The highest BCUT2D eigenvalue weighted by Crippen LogP contribution is 2.22. The number of hydrogen-bond acceptors (Lipinski definition) is 2. The van der Waals surface area contributed by atoms with Crippen LogP contribution in [0.2, 0.25) is 0 Å². The Morgan fingerprint density at radius 2 is 1.73 bits per heavy atom. The predicted octanol–water partition coefficient (Wildman–Crippen LogP) is 3.30. The number of amides is 1. The van der Waals surface area contributed by atoms with Crippen LogP contribution in [-0.2, 0) is 17.9 Å². The molecule has 1 amide bonds. The topological polar surface area (TPSA) is 49.3 Å². The summed E-state index contributed by atoms with van der Waals surface area (Å²) in [7, 11) is 0. The van der Waals surface area contributed by atoms with Gasteiger partial charge in [0.1, 0.15) is 0 Å². The van der Waals surface area contributed by atoms with Crippen LogP contribution in [-0.4, -0.2) is 11.0 Å². The van der Waals surface area contributed by atoms with E-state index in [2.05, 4.69) is 31.3 Å². The van der Waals surface area contributed by atoms with Crippen molar-refractivity contribution in [2.24, 2.45) is 0 Å². The monoisotopic (exact) mass is 297 g/mol. The van der Waals surface area contributed by atoms with Crippen LogP contribution in [0.5, 0.6) is 0 Å². The zero-order valence-corrected chi connectivity index (χ0v) is 13.2. The lowest BCUT2D eigenvalue weighted by Crippen LogP contribution is -2.24. The van der Waals surface area contributed by atoms with Gasteiger partial charge in [-0.2, -0.15) is 0 Å². The number of rotatable bonds is 6. The lowest BCUT2D eigenvalue weighted by atomic mass is 9.93. The van der Waals surface area contributed by atoms with Crippen molar-refractivity contribution in [1.82, 2.24) is 5.32 Å². The first-order valence-corrected chi connectivity index (χ1v) is 7.61. The van der Waals surface area contributed by atoms with E-state index in [4.69, 9.17) is 0 Å². The van der Waals surface area contributed by atoms with Gasteiger partial charge in [-0.05, 0) is 35.1 Å². The third-order valence-corrected chi connectivity index (χ3v) is 3.98. The molecule has 0 saturated heterocycles. The van der Waals surface area contributed by atoms with Gasteiger partial charge in [-0.15, -0.1) is 0 Å². The standard InChI is InChI=1S/C19H23NO2/c1-14-7-3-6-10-18(14)15(2)11-19(22)20-12-16-8-4-5-9-17(16)13-21/h3-10,15,21H,11-13H2,1-2H3,(H,20,22). The Bertz CT molecular complexity index is 637. The van der Waals surface area contributed by atoms with Crippen molar-refractivity contribution in [1.29, 1.82) is 0 Å². The summed E-state index contributed by atoms with van der Waals surface area (Å²) in [6.45, 7) is 4.59. The van der Waals surface area contributed by atoms with Gasteiger partial charge in [0, 0.05) is 13.0 Å². The summed E-state index contributed by atoms with van der Waals surface area (Å²) in [5.74, 6) is 0.220. The molecule has 1 atom stereocenters. The number of carbonyl (C=O) groups excluding carboxylic acids is 1. The third kappa shape index (κ3) is 4.18. The van der Waals surface area contributed by atoms with E-state index >= 15 is 0 Å². The highest BCUT2D eigenvalue weighted by atomic mass is 16.3. The molecule has 0 bridgehead atoms. The third-order valence-electron chi connectivity index (χ3n) is 3.98. The van der Waals surface area contributed by atoms with E-state index in [1.165, 1.54) is 11.1 Å². The molecule has 0 spiro atoms. The number of aliphatic hydroxyl groups is 1. The summed E-state index contributed by atoms with van der Waals surface area (Å²) in [4.78, 5) is 12.1. The number of carbonyl (C=O) groups is 1. The molecule has 0 radical (unpaired) electrons. The predicted molar refractivity (Wildman–Crippen MR) is 88.4 cm³/mol. The molecule has 3 nitrogen and oxygen atoms in total. The molecule has 2 N–H and O–H groups in total. The molecule has 0 saturated carbocycles. The average molecular weight is 297 g/mol. The zero-order valence-electron chi connectivity index (χ0n) is 13.2. The van der Waals surface area contributed by atoms with Crippen molar-refractivity contribution in [3.8, 4) is 0 Å². The summed E-state index contributed by atoms with van der Waals surface area (Å²) in [6, 6.07) is 15.8. The molecule has 0 aromatic heterocycles. The lowest BCUT2D eigenvalue weighted by molar-refractivity contribution is -0.121. The fourth-order valence-corrected chi connectivity index (χ4v) is 2.68. The molecule has 0 aliphatic heterocycles. The van der Waals surface area contributed by atoms with Crippen LogP contribution >= 0.6 is 0 Å². The first-order valence-electron chi connectivity index (χ1n) is 7.61. The Labute approximate surface area is 132 Å². The molecule has 3 heteroatoms. The van der Waals surface area contributed by atoms with E-state index in [1.54, 1.807) is 0 Å². The van der Waals surface area contributed by atoms with Gasteiger partial charge < -0.3 is 10.4 Å². The maximum absolute atomic E-state index is 12.1. The molecule has 2 rings (SSSR count). The Balaban J connectivity index is 1.92. The summed E-state index contributed by atoms with van der Waals surface area (Å²) in [6.07, 6.45) is 0.464. The van der Waals surface area contributed by atoms with Gasteiger partial charge in [0.25, 0.3) is 0 Å². The number of nitrogens with one attached hydrogen (secondary N) is 1. The van der Waals surface area contributed by atoms with E-state index in [1.807, 2.05) is 36.4 Å². The highest BCUT2D eigenvalue weighted by Gasteiger charge is 2.13. The van der Waals surface area contributed by atoms with Gasteiger partial charge in [-0.25, -0.2) is 0 Å². The number of aliphatic hydroxyl groups excluding tert-OH is 1. The van der Waals surface area contributed by atoms with Crippen LogP contribution in [0.25, 0.3) is 0 Å². The molecule has 0 aliphatic rings. The van der Waals surface area contributed by atoms with E-state index in [0.29, 0.717) is 13.0 Å². The van der Waals surface area contributed by atoms with Gasteiger partial charge in [0.2, 0.25) is 5.91 Å². The second-order valence-electron chi connectivity index (χ2n) is 5.67. The first kappa shape index (κ1) is 16.2. The second kappa shape index (κ2) is 7.76. The lowest BCUT2D eigenvalue weighted by Gasteiger charge is -2.15. The Morgan fingerprint density at radius 1 is 1.09 bits per heavy atom. The molecule has 22 heavy (non-hydrogen) atoms. The fourth-order valence-electron chi connectivity index (χ4n) is 2.68. The van der Waals surface area contributed by atoms with Crippen LogP contribution in [0.1, 0.15) is 41.5 Å². The van der Waals surface area contributed by atoms with E-state index in [-0.39, 0.29) is 18.4 Å². The van der Waals surface area contributed by atoms with Gasteiger partial charge in [0.15, 0.2) is 0 Å². The second-order valence-corrected chi connectivity index (χ2v) is 5.67. The summed E-state index contributed by atoms with van der Waals surface area (Å²) >= 11 is 0. The maximum atomic E-state index is 12.1. The number of hydrogen-bond donors (Lipinski definition) is 2. The van der Waals surface area contributed by atoms with Crippen LogP contribution in [0, 0.1) is 6.92 Å². The Morgan fingerprint density at radius 3 is 2.41 bits per heavy atom. The molecule has 2 aromatic carbocycles. The van der Waals surface area contributed by atoms with Crippen molar-refractivity contribution in [3.05, 3.63) is 70.8 Å². The van der Waals surface area contributed by atoms with Crippen LogP contribution in [0.3, 0.4) is 0 Å². The van der Waals surface area contributed by atoms with Crippen molar-refractivity contribution in [2.75, 3.05) is 0 Å². The van der Waals surface area contributed by atoms with E-state index in [9.17, 15) is 9.90 Å². The van der Waals surface area contributed by atoms with Crippen molar-refractivity contribution < 1.29 is 9.90 Å². The molecular weight excluding hydrogens is 274 g/mol. The van der Waals surface area contributed by atoms with E-state index < -0.39 is 0 Å². The summed E-state index contributed by atoms with van der Waals surface area (Å²) < 4.78 is 0. The molecule has 1 unspecified atom stereocenters. The largest absolute Gasteiger partial charge is 0.392 e. The van der Waals surface area contributed by atoms with Crippen molar-refractivity contribution in [3.63, 3.8) is 0 Å². The van der Waals surface area contributed by atoms with E-state index in [0.717, 1.165) is 11.1 Å². The molecule has 0 heterocycles. The minimum absolute atomic E-state index is 0.00828. The maximum Gasteiger partial charge on any atom is 0.220 e. The molecule has 0 fully saturated rings. The Hall–Kier alpha value is -2.13. The minimum Gasteiger partial charge on any atom is -0.392 e. The number of benzene rings is 2. The number of aryl methyl sites for hydroxylation is 1. The molecule has 0 aliphatic carbocycles. The quantitative estimate of drug-likeness (QED) is 0.859. The summed E-state index contributed by atoms with van der Waals surface area (Å²) in [5.41, 5.74) is 4.25. The molecule has 2 aromatic rings. The Kier molecular flexibility index (Phi) is 5.73. The first-order chi connectivity index (χ1) is 10.6. The van der Waals surface area contributed by atoms with Crippen LogP contribution < -0.4 is 5.32 Å². The molecular formula is C19H23NO2. The zero-order chi connectivity index (χ0) is 15.9.